The van der Waals surface area contributed by atoms with Gasteiger partial charge in [0.1, 0.15) is 11.4 Å². The van der Waals surface area contributed by atoms with E-state index in [2.05, 4.69) is 12.2 Å². The second kappa shape index (κ2) is 9.67. The molecule has 9 heteroatoms. The Morgan fingerprint density at radius 2 is 1.78 bits per heavy atom. The lowest BCUT2D eigenvalue weighted by molar-refractivity contribution is -0.384. The first-order valence-corrected chi connectivity index (χ1v) is 10.5. The minimum atomic E-state index is -0.528. The van der Waals surface area contributed by atoms with E-state index in [0.717, 1.165) is 25.9 Å². The number of carbonyl (C=O) groups excluding carboxylic acids is 2. The zero-order valence-corrected chi connectivity index (χ0v) is 18.8. The molecule has 0 unspecified atom stereocenters. The lowest BCUT2D eigenvalue weighted by Gasteiger charge is -2.31. The van der Waals surface area contributed by atoms with Crippen molar-refractivity contribution in [1.29, 1.82) is 0 Å². The molecule has 2 amide bonds. The van der Waals surface area contributed by atoms with Crippen LogP contribution in [0.1, 0.15) is 40.5 Å². The quantitative estimate of drug-likeness (QED) is 0.541. The van der Waals surface area contributed by atoms with E-state index in [4.69, 9.17) is 4.74 Å². The highest BCUT2D eigenvalue weighted by molar-refractivity contribution is 6.06. The van der Waals surface area contributed by atoms with Gasteiger partial charge in [0.25, 0.3) is 17.5 Å². The van der Waals surface area contributed by atoms with E-state index in [0.29, 0.717) is 28.6 Å². The molecule has 1 heterocycles. The molecule has 1 aliphatic heterocycles. The number of nitro benzene ring substituents is 1. The molecule has 2 aromatic rings. The monoisotopic (exact) mass is 440 g/mol. The largest absolute Gasteiger partial charge is 0.495 e. The molecule has 170 valence electrons. The summed E-state index contributed by atoms with van der Waals surface area (Å²) < 4.78 is 5.29. The summed E-state index contributed by atoms with van der Waals surface area (Å²) >= 11 is 0. The molecule has 1 N–H and O–H groups in total. The van der Waals surface area contributed by atoms with Gasteiger partial charge >= 0.3 is 0 Å². The second-order valence-corrected chi connectivity index (χ2v) is 8.20. The normalized spacial score (nSPS) is 14.1. The van der Waals surface area contributed by atoms with E-state index < -0.39 is 10.8 Å². The number of amides is 2. The Morgan fingerprint density at radius 3 is 2.38 bits per heavy atom. The van der Waals surface area contributed by atoms with Crippen LogP contribution < -0.4 is 15.0 Å². The Bertz CT molecular complexity index is 1030. The average Bonchev–Trinajstić information content (AvgIpc) is 2.78. The molecular weight excluding hydrogens is 412 g/mol. The fourth-order valence-electron chi connectivity index (χ4n) is 3.72. The lowest BCUT2D eigenvalue weighted by atomic mass is 9.98. The van der Waals surface area contributed by atoms with Crippen molar-refractivity contribution >= 4 is 28.9 Å². The number of methoxy groups -OCH3 is 1. The number of anilines is 2. The van der Waals surface area contributed by atoms with Crippen LogP contribution in [0.25, 0.3) is 0 Å². The summed E-state index contributed by atoms with van der Waals surface area (Å²) in [5.41, 5.74) is 1.26. The van der Waals surface area contributed by atoms with Gasteiger partial charge in [0.15, 0.2) is 0 Å². The third-order valence-corrected chi connectivity index (χ3v) is 5.66. The number of hydrogen-bond acceptors (Lipinski definition) is 6. The third-order valence-electron chi connectivity index (χ3n) is 5.66. The van der Waals surface area contributed by atoms with Gasteiger partial charge in [-0.25, -0.2) is 0 Å². The summed E-state index contributed by atoms with van der Waals surface area (Å²) in [6, 6.07) is 9.23. The maximum Gasteiger partial charge on any atom is 0.293 e. The highest BCUT2D eigenvalue weighted by Crippen LogP contribution is 2.33. The smallest absolute Gasteiger partial charge is 0.293 e. The van der Waals surface area contributed by atoms with Crippen molar-refractivity contribution in [3.8, 4) is 5.75 Å². The third kappa shape index (κ3) is 4.99. The van der Waals surface area contributed by atoms with Crippen LogP contribution in [0.4, 0.5) is 17.1 Å². The highest BCUT2D eigenvalue weighted by atomic mass is 16.6. The van der Waals surface area contributed by atoms with Crippen LogP contribution in [0.5, 0.6) is 5.75 Å². The van der Waals surface area contributed by atoms with Crippen LogP contribution >= 0.6 is 0 Å². The van der Waals surface area contributed by atoms with Crippen LogP contribution in [0.15, 0.2) is 36.4 Å². The topological polar surface area (TPSA) is 105 Å². The number of nitrogens with one attached hydrogen (secondary N) is 1. The van der Waals surface area contributed by atoms with Gasteiger partial charge in [-0.05, 0) is 49.1 Å². The maximum absolute atomic E-state index is 12.9. The molecule has 3 rings (SSSR count). The summed E-state index contributed by atoms with van der Waals surface area (Å²) in [6.45, 7) is 3.67. The van der Waals surface area contributed by atoms with Gasteiger partial charge in [0.2, 0.25) is 0 Å². The van der Waals surface area contributed by atoms with Crippen LogP contribution in [-0.4, -0.2) is 55.9 Å². The van der Waals surface area contributed by atoms with Crippen molar-refractivity contribution in [2.24, 2.45) is 5.92 Å². The number of nitrogens with zero attached hydrogens (tertiary/aromatic N) is 3. The van der Waals surface area contributed by atoms with Crippen LogP contribution in [0.2, 0.25) is 0 Å². The van der Waals surface area contributed by atoms with E-state index in [1.165, 1.54) is 24.1 Å². The Hall–Kier alpha value is -3.62. The van der Waals surface area contributed by atoms with Crippen LogP contribution in [0.3, 0.4) is 0 Å². The van der Waals surface area contributed by atoms with Gasteiger partial charge in [0.05, 0.1) is 17.7 Å². The van der Waals surface area contributed by atoms with Crippen molar-refractivity contribution in [2.75, 3.05) is 44.5 Å². The average molecular weight is 441 g/mol. The Morgan fingerprint density at radius 1 is 1.12 bits per heavy atom. The molecule has 0 saturated carbocycles. The van der Waals surface area contributed by atoms with E-state index in [1.807, 2.05) is 4.90 Å². The van der Waals surface area contributed by atoms with Gasteiger partial charge in [-0.2, -0.15) is 0 Å². The Kier molecular flexibility index (Phi) is 6.97. The summed E-state index contributed by atoms with van der Waals surface area (Å²) in [5, 5.41) is 14.4. The maximum atomic E-state index is 12.9. The predicted molar refractivity (Wildman–Crippen MR) is 123 cm³/mol. The number of benzene rings is 2. The van der Waals surface area contributed by atoms with Gasteiger partial charge in [0, 0.05) is 44.4 Å². The zero-order valence-electron chi connectivity index (χ0n) is 18.8. The number of hydrogen-bond donors (Lipinski definition) is 1. The Balaban J connectivity index is 1.88. The Labute approximate surface area is 187 Å². The molecule has 0 radical (unpaired) electrons. The number of piperidine rings is 1. The van der Waals surface area contributed by atoms with Gasteiger partial charge < -0.3 is 19.9 Å². The predicted octanol–water partition coefficient (Wildman–Crippen LogP) is 3.79. The molecule has 0 bridgehead atoms. The van der Waals surface area contributed by atoms with E-state index >= 15 is 0 Å². The molecule has 1 saturated heterocycles. The summed E-state index contributed by atoms with van der Waals surface area (Å²) in [6.07, 6.45) is 1.95. The van der Waals surface area contributed by atoms with Gasteiger partial charge in [-0.3, -0.25) is 19.7 Å². The number of rotatable bonds is 6. The lowest BCUT2D eigenvalue weighted by Crippen LogP contribution is -2.33. The number of ether oxygens (including phenoxy) is 1. The molecular formula is C23H28N4O5. The first kappa shape index (κ1) is 23.1. The molecule has 0 aliphatic carbocycles. The molecule has 0 atom stereocenters. The van der Waals surface area contributed by atoms with Crippen molar-refractivity contribution in [1.82, 2.24) is 4.90 Å². The van der Waals surface area contributed by atoms with E-state index in [-0.39, 0.29) is 17.2 Å². The number of nitro groups is 1. The highest BCUT2D eigenvalue weighted by Gasteiger charge is 2.25. The standard InChI is InChI=1S/C23H28N4O5/c1-15-9-11-26(12-10-15)19-7-5-16(14-20(19)27(30)31)22(28)24-18-13-17(23(29)25(2)3)6-8-21(18)32-4/h5-8,13-15H,9-12H2,1-4H3,(H,24,28). The molecule has 1 fully saturated rings. The zero-order chi connectivity index (χ0) is 23.4. The fourth-order valence-corrected chi connectivity index (χ4v) is 3.72. The van der Waals surface area contributed by atoms with Crippen molar-refractivity contribution in [2.45, 2.75) is 19.8 Å². The fraction of sp³-hybridized carbons (Fsp3) is 0.391. The molecule has 2 aromatic carbocycles. The van der Waals surface area contributed by atoms with Crippen LogP contribution in [-0.2, 0) is 0 Å². The molecule has 32 heavy (non-hydrogen) atoms. The van der Waals surface area contributed by atoms with Crippen molar-refractivity contribution in [3.05, 3.63) is 57.6 Å². The van der Waals surface area contributed by atoms with Crippen molar-refractivity contribution < 1.29 is 19.2 Å². The summed E-state index contributed by atoms with van der Waals surface area (Å²) in [5.74, 6) is 0.223. The molecule has 1 aliphatic rings. The number of carbonyl (C=O) groups is 2. The van der Waals surface area contributed by atoms with Crippen LogP contribution in [0, 0.1) is 16.0 Å². The van der Waals surface area contributed by atoms with Gasteiger partial charge in [-0.15, -0.1) is 0 Å². The molecule has 0 aromatic heterocycles. The summed E-state index contributed by atoms with van der Waals surface area (Å²) in [4.78, 5) is 39.9. The van der Waals surface area contributed by atoms with E-state index in [9.17, 15) is 19.7 Å². The first-order valence-electron chi connectivity index (χ1n) is 10.5. The minimum Gasteiger partial charge on any atom is -0.495 e. The summed E-state index contributed by atoms with van der Waals surface area (Å²) in [7, 11) is 4.72. The minimum absolute atomic E-state index is 0.101. The first-order chi connectivity index (χ1) is 15.2. The molecule has 9 nitrogen and oxygen atoms in total. The molecule has 0 spiro atoms. The van der Waals surface area contributed by atoms with E-state index in [1.54, 1.807) is 38.4 Å². The van der Waals surface area contributed by atoms with Gasteiger partial charge in [-0.1, -0.05) is 6.92 Å². The van der Waals surface area contributed by atoms with Crippen molar-refractivity contribution in [3.63, 3.8) is 0 Å². The second-order valence-electron chi connectivity index (χ2n) is 8.20. The SMILES string of the molecule is COc1ccc(C(=O)N(C)C)cc1NC(=O)c1ccc(N2CCC(C)CC2)c([N+](=O)[O-])c1.